The van der Waals surface area contributed by atoms with E-state index in [1.165, 1.54) is 0 Å². The van der Waals surface area contributed by atoms with E-state index in [-0.39, 0.29) is 0 Å². The van der Waals surface area contributed by atoms with Crippen LogP contribution in [0.15, 0.2) is 24.3 Å². The third-order valence-corrected chi connectivity index (χ3v) is 2.74. The Balaban J connectivity index is 2.92. The maximum atomic E-state index is 6.02. The number of halogens is 2. The standard InChI is InChI=1S/C10H12Cl2/c1-2-8(7-11)9-5-3-4-6-10(9)12/h3-6,8H,2,7H2,1H3. The van der Waals surface area contributed by atoms with Gasteiger partial charge in [0.2, 0.25) is 0 Å². The Morgan fingerprint density at radius 2 is 2.00 bits per heavy atom. The predicted octanol–water partition coefficient (Wildman–Crippen LogP) is 4.07. The van der Waals surface area contributed by atoms with Gasteiger partial charge >= 0.3 is 0 Å². The number of benzene rings is 1. The largest absolute Gasteiger partial charge is 0.126 e. The van der Waals surface area contributed by atoms with E-state index in [1.807, 2.05) is 24.3 Å². The summed E-state index contributed by atoms with van der Waals surface area (Å²) < 4.78 is 0. The molecule has 0 spiro atoms. The van der Waals surface area contributed by atoms with E-state index in [4.69, 9.17) is 23.2 Å². The Bertz CT molecular complexity index is 241. The van der Waals surface area contributed by atoms with Gasteiger partial charge in [0.15, 0.2) is 0 Å². The van der Waals surface area contributed by atoms with Gasteiger partial charge in [0.1, 0.15) is 0 Å². The van der Waals surface area contributed by atoms with Crippen LogP contribution < -0.4 is 0 Å². The molecule has 0 aromatic heterocycles. The highest BCUT2D eigenvalue weighted by Crippen LogP contribution is 2.27. The molecule has 0 aliphatic carbocycles. The van der Waals surface area contributed by atoms with Crippen LogP contribution in [0.25, 0.3) is 0 Å². The molecule has 0 heterocycles. The molecule has 66 valence electrons. The summed E-state index contributed by atoms with van der Waals surface area (Å²) in [5.41, 5.74) is 1.16. The van der Waals surface area contributed by atoms with Crippen molar-refractivity contribution < 1.29 is 0 Å². The summed E-state index contributed by atoms with van der Waals surface area (Å²) in [5, 5.41) is 0.824. The van der Waals surface area contributed by atoms with Gasteiger partial charge in [-0.05, 0) is 24.0 Å². The molecule has 0 fully saturated rings. The molecule has 12 heavy (non-hydrogen) atoms. The SMILES string of the molecule is CCC(CCl)c1ccccc1Cl. The summed E-state index contributed by atoms with van der Waals surface area (Å²) in [4.78, 5) is 0. The van der Waals surface area contributed by atoms with Crippen molar-refractivity contribution in [2.75, 3.05) is 5.88 Å². The van der Waals surface area contributed by atoms with Crippen LogP contribution >= 0.6 is 23.2 Å². The van der Waals surface area contributed by atoms with Gasteiger partial charge in [0.25, 0.3) is 0 Å². The topological polar surface area (TPSA) is 0 Å². The molecule has 1 atom stereocenters. The molecule has 0 saturated heterocycles. The lowest BCUT2D eigenvalue weighted by Crippen LogP contribution is -1.98. The first-order valence-corrected chi connectivity index (χ1v) is 5.01. The highest BCUT2D eigenvalue weighted by Gasteiger charge is 2.10. The van der Waals surface area contributed by atoms with E-state index in [0.29, 0.717) is 11.8 Å². The molecular formula is C10H12Cl2. The normalized spacial score (nSPS) is 12.9. The smallest absolute Gasteiger partial charge is 0.0441 e. The van der Waals surface area contributed by atoms with Gasteiger partial charge in [-0.25, -0.2) is 0 Å². The van der Waals surface area contributed by atoms with E-state index in [2.05, 4.69) is 6.92 Å². The van der Waals surface area contributed by atoms with Crippen molar-refractivity contribution in [3.8, 4) is 0 Å². The zero-order chi connectivity index (χ0) is 8.97. The molecular weight excluding hydrogens is 191 g/mol. The lowest BCUT2D eigenvalue weighted by molar-refractivity contribution is 0.741. The Labute approximate surface area is 83.5 Å². The highest BCUT2D eigenvalue weighted by atomic mass is 35.5. The summed E-state index contributed by atoms with van der Waals surface area (Å²) in [7, 11) is 0. The van der Waals surface area contributed by atoms with Crippen molar-refractivity contribution in [3.63, 3.8) is 0 Å². The second-order valence-electron chi connectivity index (χ2n) is 2.78. The van der Waals surface area contributed by atoms with E-state index >= 15 is 0 Å². The molecule has 0 aliphatic rings. The first-order chi connectivity index (χ1) is 5.79. The summed E-state index contributed by atoms with van der Waals surface area (Å²) in [5.74, 6) is 1.03. The summed E-state index contributed by atoms with van der Waals surface area (Å²) in [6, 6.07) is 7.88. The molecule has 0 N–H and O–H groups in total. The van der Waals surface area contributed by atoms with Crippen LogP contribution in [0.2, 0.25) is 5.02 Å². The lowest BCUT2D eigenvalue weighted by atomic mass is 9.99. The second kappa shape index (κ2) is 4.74. The fourth-order valence-electron chi connectivity index (χ4n) is 1.22. The number of hydrogen-bond donors (Lipinski definition) is 0. The maximum absolute atomic E-state index is 6.02. The minimum Gasteiger partial charge on any atom is -0.126 e. The van der Waals surface area contributed by atoms with Gasteiger partial charge in [0.05, 0.1) is 0 Å². The van der Waals surface area contributed by atoms with E-state index in [9.17, 15) is 0 Å². The quantitative estimate of drug-likeness (QED) is 0.649. The number of alkyl halides is 1. The van der Waals surface area contributed by atoms with Crippen molar-refractivity contribution >= 4 is 23.2 Å². The van der Waals surface area contributed by atoms with Gasteiger partial charge < -0.3 is 0 Å². The minimum absolute atomic E-state index is 0.389. The van der Waals surface area contributed by atoms with Gasteiger partial charge in [0, 0.05) is 10.9 Å². The average molecular weight is 203 g/mol. The third kappa shape index (κ3) is 2.15. The molecule has 0 saturated carbocycles. The monoisotopic (exact) mass is 202 g/mol. The average Bonchev–Trinajstić information content (AvgIpc) is 2.10. The zero-order valence-electron chi connectivity index (χ0n) is 7.06. The molecule has 0 bridgehead atoms. The fourth-order valence-corrected chi connectivity index (χ4v) is 1.89. The van der Waals surface area contributed by atoms with Gasteiger partial charge in [-0.1, -0.05) is 36.7 Å². The molecule has 0 nitrogen and oxygen atoms in total. The second-order valence-corrected chi connectivity index (χ2v) is 3.50. The molecule has 1 unspecified atom stereocenters. The van der Waals surface area contributed by atoms with Crippen molar-refractivity contribution in [1.82, 2.24) is 0 Å². The van der Waals surface area contributed by atoms with E-state index in [0.717, 1.165) is 17.0 Å². The van der Waals surface area contributed by atoms with Crippen LogP contribution in [0.1, 0.15) is 24.8 Å². The van der Waals surface area contributed by atoms with E-state index < -0.39 is 0 Å². The minimum atomic E-state index is 0.389. The summed E-state index contributed by atoms with van der Waals surface area (Å²) in [6.07, 6.45) is 1.03. The van der Waals surface area contributed by atoms with Gasteiger partial charge in [-0.15, -0.1) is 11.6 Å². The van der Waals surface area contributed by atoms with Crippen molar-refractivity contribution in [2.24, 2.45) is 0 Å². The van der Waals surface area contributed by atoms with Crippen molar-refractivity contribution in [1.29, 1.82) is 0 Å². The van der Waals surface area contributed by atoms with Gasteiger partial charge in [-0.3, -0.25) is 0 Å². The predicted molar refractivity (Wildman–Crippen MR) is 55.2 cm³/mol. The highest BCUT2D eigenvalue weighted by molar-refractivity contribution is 6.31. The maximum Gasteiger partial charge on any atom is 0.0441 e. The molecule has 0 amide bonds. The first kappa shape index (κ1) is 9.88. The molecule has 0 aliphatic heterocycles. The third-order valence-electron chi connectivity index (χ3n) is 2.02. The van der Waals surface area contributed by atoms with Crippen LogP contribution in [0.3, 0.4) is 0 Å². The molecule has 2 heteroatoms. The van der Waals surface area contributed by atoms with Crippen molar-refractivity contribution in [2.45, 2.75) is 19.3 Å². The van der Waals surface area contributed by atoms with E-state index in [1.54, 1.807) is 0 Å². The fraction of sp³-hybridized carbons (Fsp3) is 0.400. The van der Waals surface area contributed by atoms with Crippen molar-refractivity contribution in [3.05, 3.63) is 34.9 Å². The van der Waals surface area contributed by atoms with Crippen LogP contribution in [-0.2, 0) is 0 Å². The number of hydrogen-bond acceptors (Lipinski definition) is 0. The Hall–Kier alpha value is -0.200. The molecule has 1 aromatic rings. The first-order valence-electron chi connectivity index (χ1n) is 4.10. The Kier molecular flexibility index (Phi) is 3.90. The molecule has 1 rings (SSSR count). The van der Waals surface area contributed by atoms with Crippen LogP contribution in [0.4, 0.5) is 0 Å². The van der Waals surface area contributed by atoms with Gasteiger partial charge in [-0.2, -0.15) is 0 Å². The Morgan fingerprint density at radius 3 is 2.50 bits per heavy atom. The summed E-state index contributed by atoms with van der Waals surface area (Å²) >= 11 is 11.8. The Morgan fingerprint density at radius 1 is 1.33 bits per heavy atom. The van der Waals surface area contributed by atoms with Crippen LogP contribution in [0.5, 0.6) is 0 Å². The molecule has 1 aromatic carbocycles. The molecule has 0 radical (unpaired) electrons. The van der Waals surface area contributed by atoms with Crippen LogP contribution in [0, 0.1) is 0 Å². The zero-order valence-corrected chi connectivity index (χ0v) is 8.57. The lowest BCUT2D eigenvalue weighted by Gasteiger charge is -2.12. The van der Waals surface area contributed by atoms with Crippen LogP contribution in [-0.4, -0.2) is 5.88 Å². The summed E-state index contributed by atoms with van der Waals surface area (Å²) in [6.45, 7) is 2.12. The number of rotatable bonds is 3.